The normalized spacial score (nSPS) is 7.60. The van der Waals surface area contributed by atoms with Crippen LogP contribution in [-0.4, -0.2) is 0 Å². The fraction of sp³-hybridized carbons (Fsp3) is 0.143. The second kappa shape index (κ2) is 3.86. The molecule has 0 saturated carbocycles. The molecule has 0 radical (unpaired) electrons. The summed E-state index contributed by atoms with van der Waals surface area (Å²) in [4.78, 5) is 2.83. The highest BCUT2D eigenvalue weighted by Crippen LogP contribution is 1.95. The van der Waals surface area contributed by atoms with Gasteiger partial charge in [0.15, 0.2) is 12.3 Å². The standard InChI is InChI=1S/C7H6N2.ClH/c1-6-3-2-4-9-7(6)5-8;/h2-4H,1H3;1H. The molecular weight excluding hydrogens is 148 g/mol. The maximum absolute atomic E-state index is 8.44. The number of H-pyrrole nitrogens is 1. The summed E-state index contributed by atoms with van der Waals surface area (Å²) < 4.78 is 0. The molecule has 3 heteroatoms. The zero-order valence-electron chi connectivity index (χ0n) is 5.56. The van der Waals surface area contributed by atoms with Crippen LogP contribution in [0.3, 0.4) is 0 Å². The Kier molecular flexibility index (Phi) is 3.45. The van der Waals surface area contributed by atoms with Crippen LogP contribution in [0, 0.1) is 18.3 Å². The van der Waals surface area contributed by atoms with Gasteiger partial charge in [0.2, 0.25) is 0 Å². The van der Waals surface area contributed by atoms with E-state index >= 15 is 0 Å². The number of nitrogens with one attached hydrogen (secondary N) is 1. The molecule has 0 amide bonds. The number of pyridine rings is 1. The van der Waals surface area contributed by atoms with Crippen molar-refractivity contribution >= 4 is 0 Å². The third-order valence-electron chi connectivity index (χ3n) is 1.18. The van der Waals surface area contributed by atoms with Gasteiger partial charge in [-0.15, -0.1) is 0 Å². The number of aromatic nitrogens is 1. The van der Waals surface area contributed by atoms with Crippen molar-refractivity contribution in [3.8, 4) is 6.07 Å². The Hall–Kier alpha value is -1.07. The Balaban J connectivity index is 0.000000810. The minimum atomic E-state index is 0. The van der Waals surface area contributed by atoms with Crippen molar-refractivity contribution in [1.29, 1.82) is 5.26 Å². The topological polar surface area (TPSA) is 37.9 Å². The molecule has 10 heavy (non-hydrogen) atoms. The second-order valence-corrected chi connectivity index (χ2v) is 1.84. The Morgan fingerprint density at radius 2 is 2.30 bits per heavy atom. The molecule has 0 unspecified atom stereocenters. The van der Waals surface area contributed by atoms with Crippen molar-refractivity contribution in [3.05, 3.63) is 29.6 Å². The van der Waals surface area contributed by atoms with Gasteiger partial charge in [0.05, 0.1) is 0 Å². The first-order valence-corrected chi connectivity index (χ1v) is 2.72. The highest BCUT2D eigenvalue weighted by atomic mass is 35.5. The summed E-state index contributed by atoms with van der Waals surface area (Å²) >= 11 is 0. The zero-order valence-corrected chi connectivity index (χ0v) is 6.31. The van der Waals surface area contributed by atoms with Gasteiger partial charge in [-0.05, 0) is 13.0 Å². The van der Waals surface area contributed by atoms with E-state index in [-0.39, 0.29) is 12.4 Å². The van der Waals surface area contributed by atoms with Gasteiger partial charge in [-0.1, -0.05) is 0 Å². The smallest absolute Gasteiger partial charge is 0.284 e. The number of halogens is 1. The molecule has 1 aromatic heterocycles. The highest BCUT2D eigenvalue weighted by Gasteiger charge is 1.99. The number of hydrogen-bond acceptors (Lipinski definition) is 1. The van der Waals surface area contributed by atoms with Crippen LogP contribution >= 0.6 is 0 Å². The van der Waals surface area contributed by atoms with Crippen LogP contribution in [0.5, 0.6) is 0 Å². The maximum Gasteiger partial charge on any atom is 0.284 e. The van der Waals surface area contributed by atoms with Gasteiger partial charge in [0.25, 0.3) is 5.69 Å². The van der Waals surface area contributed by atoms with Crippen LogP contribution in [-0.2, 0) is 0 Å². The third-order valence-corrected chi connectivity index (χ3v) is 1.18. The van der Waals surface area contributed by atoms with Crippen molar-refractivity contribution in [2.75, 3.05) is 0 Å². The molecule has 1 rings (SSSR count). The molecular formula is C7H7ClN2. The molecule has 0 spiro atoms. The summed E-state index contributed by atoms with van der Waals surface area (Å²) in [6, 6.07) is 5.81. The van der Waals surface area contributed by atoms with Crippen LogP contribution in [0.2, 0.25) is 0 Å². The molecule has 0 aliphatic carbocycles. The zero-order chi connectivity index (χ0) is 6.69. The van der Waals surface area contributed by atoms with Gasteiger partial charge in [-0.25, -0.2) is 4.98 Å². The van der Waals surface area contributed by atoms with E-state index in [9.17, 15) is 0 Å². The summed E-state index contributed by atoms with van der Waals surface area (Å²) in [7, 11) is 0. The Bertz CT molecular complexity index is 252. The summed E-state index contributed by atoms with van der Waals surface area (Å²) in [5.41, 5.74) is 1.62. The van der Waals surface area contributed by atoms with E-state index < -0.39 is 0 Å². The maximum atomic E-state index is 8.44. The number of aromatic amines is 1. The lowest BCUT2D eigenvalue weighted by Crippen LogP contribution is -3.00. The third kappa shape index (κ3) is 1.71. The average Bonchev–Trinajstić information content (AvgIpc) is 1.89. The molecule has 0 aromatic carbocycles. The molecule has 1 aromatic rings. The quantitative estimate of drug-likeness (QED) is 0.414. The summed E-state index contributed by atoms with van der Waals surface area (Å²) in [6.07, 6.45) is 1.74. The molecule has 0 saturated heterocycles. The number of nitrogens with zero attached hydrogens (tertiary/aromatic N) is 1. The first-order valence-electron chi connectivity index (χ1n) is 2.72. The van der Waals surface area contributed by atoms with E-state index in [1.54, 1.807) is 6.20 Å². The molecule has 0 aliphatic rings. The highest BCUT2D eigenvalue weighted by molar-refractivity contribution is 5.23. The van der Waals surface area contributed by atoms with Gasteiger partial charge >= 0.3 is 0 Å². The molecule has 1 N–H and O–H groups in total. The average molecular weight is 155 g/mol. The van der Waals surface area contributed by atoms with Crippen molar-refractivity contribution in [3.63, 3.8) is 0 Å². The van der Waals surface area contributed by atoms with Gasteiger partial charge < -0.3 is 12.4 Å². The van der Waals surface area contributed by atoms with Crippen LogP contribution in [0.25, 0.3) is 0 Å². The van der Waals surface area contributed by atoms with Crippen LogP contribution in [0.1, 0.15) is 11.3 Å². The van der Waals surface area contributed by atoms with Crippen molar-refractivity contribution in [2.24, 2.45) is 0 Å². The van der Waals surface area contributed by atoms with E-state index in [4.69, 9.17) is 5.26 Å². The SMILES string of the molecule is Cc1ccc[nH+]c1C#N.[Cl-]. The van der Waals surface area contributed by atoms with Crippen LogP contribution < -0.4 is 17.4 Å². The summed E-state index contributed by atoms with van der Waals surface area (Å²) in [5, 5.41) is 8.44. The minimum absolute atomic E-state index is 0. The summed E-state index contributed by atoms with van der Waals surface area (Å²) in [5.74, 6) is 0. The molecule has 52 valence electrons. The molecule has 1 heterocycles. The lowest BCUT2D eigenvalue weighted by Gasteiger charge is -1.83. The first kappa shape index (κ1) is 8.93. The Morgan fingerprint density at radius 1 is 1.60 bits per heavy atom. The Morgan fingerprint density at radius 3 is 2.70 bits per heavy atom. The van der Waals surface area contributed by atoms with Gasteiger partial charge in [0.1, 0.15) is 0 Å². The van der Waals surface area contributed by atoms with E-state index in [0.717, 1.165) is 5.56 Å². The van der Waals surface area contributed by atoms with Crippen molar-refractivity contribution in [1.82, 2.24) is 0 Å². The van der Waals surface area contributed by atoms with Crippen LogP contribution in [0.15, 0.2) is 18.3 Å². The number of aryl methyl sites for hydroxylation is 1. The van der Waals surface area contributed by atoms with Gasteiger partial charge in [-0.3, -0.25) is 0 Å². The predicted molar refractivity (Wildman–Crippen MR) is 32.4 cm³/mol. The van der Waals surface area contributed by atoms with Crippen molar-refractivity contribution in [2.45, 2.75) is 6.92 Å². The lowest BCUT2D eigenvalue weighted by molar-refractivity contribution is -0.382. The summed E-state index contributed by atoms with van der Waals surface area (Å²) in [6.45, 7) is 1.90. The molecule has 0 bridgehead atoms. The van der Waals surface area contributed by atoms with Crippen LogP contribution in [0.4, 0.5) is 0 Å². The number of nitriles is 1. The molecule has 0 fully saturated rings. The van der Waals surface area contributed by atoms with Crippen molar-refractivity contribution < 1.29 is 17.4 Å². The van der Waals surface area contributed by atoms with E-state index in [0.29, 0.717) is 5.69 Å². The molecule has 0 atom stereocenters. The van der Waals surface area contributed by atoms with Gasteiger partial charge in [-0.2, -0.15) is 5.26 Å². The fourth-order valence-electron chi connectivity index (χ4n) is 0.642. The van der Waals surface area contributed by atoms with E-state index in [1.807, 2.05) is 25.1 Å². The van der Waals surface area contributed by atoms with Gasteiger partial charge in [0, 0.05) is 11.6 Å². The monoisotopic (exact) mass is 154 g/mol. The lowest BCUT2D eigenvalue weighted by atomic mass is 10.2. The predicted octanol–water partition coefficient (Wildman–Crippen LogP) is -2.32. The minimum Gasteiger partial charge on any atom is -1.00 e. The fourth-order valence-corrected chi connectivity index (χ4v) is 0.642. The number of hydrogen-bond donors (Lipinski definition) is 0. The molecule has 2 nitrogen and oxygen atoms in total. The van der Waals surface area contributed by atoms with E-state index in [2.05, 4.69) is 4.98 Å². The first-order chi connectivity index (χ1) is 4.34. The van der Waals surface area contributed by atoms with E-state index in [1.165, 1.54) is 0 Å². The largest absolute Gasteiger partial charge is 1.00 e. The second-order valence-electron chi connectivity index (χ2n) is 1.84. The number of rotatable bonds is 0. The Labute approximate surface area is 65.9 Å². The molecule has 0 aliphatic heterocycles.